The fourth-order valence-electron chi connectivity index (χ4n) is 0.949. The van der Waals surface area contributed by atoms with Gasteiger partial charge in [0.05, 0.1) is 0 Å². The first kappa shape index (κ1) is 10.1. The van der Waals surface area contributed by atoms with Crippen molar-refractivity contribution in [2.75, 3.05) is 11.9 Å². The summed E-state index contributed by atoms with van der Waals surface area (Å²) in [7, 11) is 1.73. The molecule has 0 fully saturated rings. The molecule has 1 rings (SSSR count). The molecule has 0 bridgehead atoms. The van der Waals surface area contributed by atoms with Crippen LogP contribution in [0.5, 0.6) is 0 Å². The van der Waals surface area contributed by atoms with Crippen LogP contribution in [-0.4, -0.2) is 29.5 Å². The van der Waals surface area contributed by atoms with Crippen molar-refractivity contribution < 1.29 is 4.79 Å². The summed E-state index contributed by atoms with van der Waals surface area (Å²) >= 11 is 2.01. The summed E-state index contributed by atoms with van der Waals surface area (Å²) in [5, 5.41) is 0. The van der Waals surface area contributed by atoms with E-state index in [1.807, 2.05) is 40.8 Å². The Hall–Kier alpha value is -1.03. The van der Waals surface area contributed by atoms with Gasteiger partial charge in [-0.05, 0) is 0 Å². The van der Waals surface area contributed by atoms with Crippen LogP contribution in [-0.2, 0) is 4.79 Å². The number of hydrogen-bond donors (Lipinski definition) is 0. The number of nitrogens with zero attached hydrogens (tertiary/aromatic N) is 1. The third-order valence-corrected chi connectivity index (χ3v) is 2.46. The summed E-state index contributed by atoms with van der Waals surface area (Å²) in [4.78, 5) is 12.8. The second-order valence-electron chi connectivity index (χ2n) is 2.65. The average molecular weight is 233 g/mol. The Labute approximate surface area is 86.5 Å². The van der Waals surface area contributed by atoms with E-state index in [-0.39, 0.29) is 5.91 Å². The van der Waals surface area contributed by atoms with E-state index in [1.54, 1.807) is 11.9 Å². The second kappa shape index (κ2) is 4.28. The second-order valence-corrected chi connectivity index (χ2v) is 3.86. The van der Waals surface area contributed by atoms with Crippen LogP contribution in [0.1, 0.15) is 0 Å². The fraction of sp³-hybridized carbons (Fsp3) is 0.100. The number of anilines is 1. The van der Waals surface area contributed by atoms with Crippen molar-refractivity contribution in [2.45, 2.75) is 0 Å². The van der Waals surface area contributed by atoms with Gasteiger partial charge in [-0.25, -0.2) is 0 Å². The molecule has 65 valence electrons. The van der Waals surface area contributed by atoms with E-state index >= 15 is 0 Å². The van der Waals surface area contributed by atoms with Gasteiger partial charge in [0.15, 0.2) is 0 Å². The van der Waals surface area contributed by atoms with Gasteiger partial charge in [0, 0.05) is 0 Å². The molecule has 3 radical (unpaired) electrons. The number of carbonyl (C=O) groups is 1. The zero-order valence-corrected chi connectivity index (χ0v) is 9.55. The third kappa shape index (κ3) is 2.45. The standard InChI is InChI=1S/C10H10GeNO/c1-3-10(13)12(2)9-6-4-8(11)5-7-9/h3-7H,1H2,2H3. The van der Waals surface area contributed by atoms with Crippen molar-refractivity contribution in [3.8, 4) is 0 Å². The van der Waals surface area contributed by atoms with Crippen molar-refractivity contribution in [1.82, 2.24) is 0 Å². The Morgan fingerprint density at radius 3 is 2.46 bits per heavy atom. The number of carbonyl (C=O) groups excluding carboxylic acids is 1. The minimum absolute atomic E-state index is 0.0937. The van der Waals surface area contributed by atoms with Crippen LogP contribution >= 0.6 is 0 Å². The van der Waals surface area contributed by atoms with Gasteiger partial charge in [0.1, 0.15) is 0 Å². The summed E-state index contributed by atoms with van der Waals surface area (Å²) in [6.45, 7) is 3.43. The Kier molecular flexibility index (Phi) is 3.31. The fourth-order valence-corrected chi connectivity index (χ4v) is 1.30. The number of likely N-dealkylation sites (N-methyl/N-ethyl adjacent to an activating group) is 1. The molecule has 0 spiro atoms. The maximum absolute atomic E-state index is 11.2. The van der Waals surface area contributed by atoms with Gasteiger partial charge in [-0.1, -0.05) is 0 Å². The molecule has 0 saturated carbocycles. The third-order valence-electron chi connectivity index (χ3n) is 1.76. The molecule has 1 aromatic rings. The molecule has 13 heavy (non-hydrogen) atoms. The van der Waals surface area contributed by atoms with Crippen molar-refractivity contribution >= 4 is 32.5 Å². The molecule has 0 unspecified atom stereocenters. The van der Waals surface area contributed by atoms with E-state index in [0.29, 0.717) is 0 Å². The van der Waals surface area contributed by atoms with Gasteiger partial charge >= 0.3 is 86.2 Å². The van der Waals surface area contributed by atoms with Crippen molar-refractivity contribution in [2.24, 2.45) is 0 Å². The molecule has 0 aliphatic heterocycles. The van der Waals surface area contributed by atoms with E-state index in [1.165, 1.54) is 10.5 Å². The molecule has 0 heterocycles. The Bertz CT molecular complexity index is 318. The summed E-state index contributed by atoms with van der Waals surface area (Å²) < 4.78 is 1.18. The van der Waals surface area contributed by atoms with Crippen LogP contribution in [0.2, 0.25) is 0 Å². The minimum atomic E-state index is -0.0937. The molecule has 1 amide bonds. The predicted octanol–water partition coefficient (Wildman–Crippen LogP) is 0.629. The first-order valence-electron chi connectivity index (χ1n) is 3.87. The zero-order valence-electron chi connectivity index (χ0n) is 7.45. The Morgan fingerprint density at radius 2 is 2.00 bits per heavy atom. The van der Waals surface area contributed by atoms with Crippen LogP contribution in [0.25, 0.3) is 0 Å². The van der Waals surface area contributed by atoms with Crippen LogP contribution < -0.4 is 9.30 Å². The first-order valence-corrected chi connectivity index (χ1v) is 4.92. The molecule has 3 heteroatoms. The SMILES string of the molecule is C=CC(=O)N(C)c1cc[c]([Ge])cc1. The normalized spacial score (nSPS) is 9.38. The molecular weight excluding hydrogens is 223 g/mol. The summed E-state index contributed by atoms with van der Waals surface area (Å²) in [5.74, 6) is -0.0937. The zero-order chi connectivity index (χ0) is 9.84. The Balaban J connectivity index is 2.89. The molecule has 0 aliphatic rings. The van der Waals surface area contributed by atoms with E-state index in [2.05, 4.69) is 6.58 Å². The van der Waals surface area contributed by atoms with Gasteiger partial charge < -0.3 is 0 Å². The maximum atomic E-state index is 11.2. The number of rotatable bonds is 2. The summed E-state index contributed by atoms with van der Waals surface area (Å²) in [6.07, 6.45) is 1.31. The van der Waals surface area contributed by atoms with Crippen molar-refractivity contribution in [3.63, 3.8) is 0 Å². The number of benzene rings is 1. The number of hydrogen-bond acceptors (Lipinski definition) is 1. The van der Waals surface area contributed by atoms with Crippen molar-refractivity contribution in [3.05, 3.63) is 36.9 Å². The van der Waals surface area contributed by atoms with Crippen LogP contribution in [0.4, 0.5) is 5.69 Å². The average Bonchev–Trinajstić information content (AvgIpc) is 2.17. The first-order chi connectivity index (χ1) is 6.15. The van der Waals surface area contributed by atoms with Gasteiger partial charge in [0.25, 0.3) is 0 Å². The van der Waals surface area contributed by atoms with Crippen molar-refractivity contribution in [1.29, 1.82) is 0 Å². The molecule has 2 nitrogen and oxygen atoms in total. The molecule has 0 aromatic heterocycles. The van der Waals surface area contributed by atoms with Crippen LogP contribution in [0.3, 0.4) is 0 Å². The quantitative estimate of drug-likeness (QED) is 0.541. The van der Waals surface area contributed by atoms with Gasteiger partial charge in [0.2, 0.25) is 0 Å². The van der Waals surface area contributed by atoms with Crippen LogP contribution in [0.15, 0.2) is 36.9 Å². The van der Waals surface area contributed by atoms with Gasteiger partial charge in [-0.3, -0.25) is 0 Å². The molecule has 0 N–H and O–H groups in total. The molecule has 0 atom stereocenters. The summed E-state index contributed by atoms with van der Waals surface area (Å²) in [6, 6.07) is 7.78. The molecule has 1 aromatic carbocycles. The van der Waals surface area contributed by atoms with Gasteiger partial charge in [-0.15, -0.1) is 0 Å². The van der Waals surface area contributed by atoms with E-state index in [0.717, 1.165) is 5.69 Å². The topological polar surface area (TPSA) is 20.3 Å². The number of amides is 1. The van der Waals surface area contributed by atoms with E-state index in [4.69, 9.17) is 0 Å². The molecule has 0 saturated heterocycles. The predicted molar refractivity (Wildman–Crippen MR) is 55.4 cm³/mol. The van der Waals surface area contributed by atoms with E-state index in [9.17, 15) is 4.79 Å². The summed E-state index contributed by atoms with van der Waals surface area (Å²) in [5.41, 5.74) is 0.885. The Morgan fingerprint density at radius 1 is 1.46 bits per heavy atom. The van der Waals surface area contributed by atoms with Crippen LogP contribution in [0, 0.1) is 0 Å². The monoisotopic (exact) mass is 234 g/mol. The molecular formula is C10H10GeNO. The molecule has 0 aliphatic carbocycles. The van der Waals surface area contributed by atoms with E-state index < -0.39 is 0 Å². The van der Waals surface area contributed by atoms with Gasteiger partial charge in [-0.2, -0.15) is 0 Å².